The number of carbonyl (C=O) groups is 1. The molecule has 0 radical (unpaired) electrons. The summed E-state index contributed by atoms with van der Waals surface area (Å²) in [6.45, 7) is 1.58. The number of fused-ring (bicyclic) bond motifs is 1. The predicted octanol–water partition coefficient (Wildman–Crippen LogP) is 2.04. The van der Waals surface area contributed by atoms with E-state index in [1.54, 1.807) is 25.1 Å². The van der Waals surface area contributed by atoms with Crippen molar-refractivity contribution in [2.45, 2.75) is 12.8 Å². The van der Waals surface area contributed by atoms with E-state index in [0.717, 1.165) is 11.3 Å². The minimum Gasteiger partial charge on any atom is -0.481 e. The quantitative estimate of drug-likeness (QED) is 0.847. The van der Waals surface area contributed by atoms with Crippen molar-refractivity contribution < 1.29 is 14.3 Å². The largest absolute Gasteiger partial charge is 0.481 e. The first-order valence-corrected chi connectivity index (χ1v) is 5.16. The highest BCUT2D eigenvalue weighted by molar-refractivity contribution is 7.16. The molecule has 1 heterocycles. The van der Waals surface area contributed by atoms with Gasteiger partial charge in [0.15, 0.2) is 0 Å². The van der Waals surface area contributed by atoms with E-state index in [2.05, 4.69) is 0 Å². The monoisotopic (exact) mass is 224 g/mol. The molecule has 2 aromatic rings. The van der Waals surface area contributed by atoms with Gasteiger partial charge in [-0.15, -0.1) is 0 Å². The van der Waals surface area contributed by atoms with Gasteiger partial charge < -0.3 is 9.52 Å². The van der Waals surface area contributed by atoms with Crippen LogP contribution in [0.1, 0.15) is 18.4 Å². The van der Waals surface area contributed by atoms with Gasteiger partial charge in [0.05, 0.1) is 10.6 Å². The second-order valence-electron chi connectivity index (χ2n) is 3.19. The van der Waals surface area contributed by atoms with Crippen molar-refractivity contribution in [2.75, 3.05) is 0 Å². The van der Waals surface area contributed by atoms with E-state index in [-0.39, 0.29) is 0 Å². The summed E-state index contributed by atoms with van der Waals surface area (Å²) in [5, 5.41) is 8.90. The smallest absolute Gasteiger partial charge is 0.396 e. The van der Waals surface area contributed by atoms with E-state index in [1.165, 1.54) is 0 Å². The number of carboxylic acid groups (broad SMARTS) is 1. The van der Waals surface area contributed by atoms with Crippen LogP contribution in [0.3, 0.4) is 0 Å². The Balaban J connectivity index is 2.70. The Morgan fingerprint density at radius 3 is 2.93 bits per heavy atom. The van der Waals surface area contributed by atoms with Crippen molar-refractivity contribution >= 4 is 27.6 Å². The van der Waals surface area contributed by atoms with Crippen LogP contribution >= 0.6 is 11.3 Å². The lowest BCUT2D eigenvalue weighted by molar-refractivity contribution is -0.138. The molecule has 0 saturated heterocycles. The van der Waals surface area contributed by atoms with Crippen LogP contribution in [0.5, 0.6) is 0 Å². The van der Waals surface area contributed by atoms with Crippen molar-refractivity contribution in [3.63, 3.8) is 0 Å². The minimum atomic E-state index is -0.914. The second-order valence-corrected chi connectivity index (χ2v) is 4.13. The van der Waals surface area contributed by atoms with Crippen LogP contribution in [0.15, 0.2) is 27.4 Å². The molecule has 2 rings (SSSR count). The van der Waals surface area contributed by atoms with Gasteiger partial charge >= 0.3 is 10.9 Å². The molecule has 1 N–H and O–H groups in total. The number of aliphatic carboxylic acids is 1. The third-order valence-electron chi connectivity index (χ3n) is 2.22. The third-order valence-corrected chi connectivity index (χ3v) is 3.12. The standard InChI is InChI=1S/C10H8O4S/c1-5(9(11)12)6-3-2-4-7-8(6)15-10(13)14-7/h2-5H,1H3,(H,11,12). The summed E-state index contributed by atoms with van der Waals surface area (Å²) in [4.78, 5) is 21.5. The van der Waals surface area contributed by atoms with Gasteiger partial charge in [-0.1, -0.05) is 23.5 Å². The van der Waals surface area contributed by atoms with Crippen molar-refractivity contribution in [2.24, 2.45) is 0 Å². The van der Waals surface area contributed by atoms with E-state index < -0.39 is 16.8 Å². The van der Waals surface area contributed by atoms with Crippen LogP contribution in [0.2, 0.25) is 0 Å². The molecule has 0 aliphatic carbocycles. The lowest BCUT2D eigenvalue weighted by Crippen LogP contribution is -2.07. The molecular weight excluding hydrogens is 216 g/mol. The summed E-state index contributed by atoms with van der Waals surface area (Å²) < 4.78 is 5.53. The Hall–Kier alpha value is -1.62. The first kappa shape index (κ1) is 9.92. The average Bonchev–Trinajstić information content (AvgIpc) is 2.56. The van der Waals surface area contributed by atoms with Crippen LogP contribution in [0.25, 0.3) is 10.3 Å². The fourth-order valence-corrected chi connectivity index (χ4v) is 2.26. The summed E-state index contributed by atoms with van der Waals surface area (Å²) in [6.07, 6.45) is 0. The number of rotatable bonds is 2. The molecule has 1 aromatic carbocycles. The molecule has 1 unspecified atom stereocenters. The molecule has 15 heavy (non-hydrogen) atoms. The first-order valence-electron chi connectivity index (χ1n) is 4.35. The highest BCUT2D eigenvalue weighted by Gasteiger charge is 2.18. The van der Waals surface area contributed by atoms with Crippen molar-refractivity contribution in [1.82, 2.24) is 0 Å². The predicted molar refractivity (Wildman–Crippen MR) is 56.4 cm³/mol. The highest BCUT2D eigenvalue weighted by atomic mass is 32.1. The molecule has 1 atom stereocenters. The molecule has 5 heteroatoms. The first-order chi connectivity index (χ1) is 7.09. The number of hydrogen-bond donors (Lipinski definition) is 1. The Labute approximate surface area is 88.8 Å². The van der Waals surface area contributed by atoms with E-state index in [9.17, 15) is 9.59 Å². The molecule has 0 amide bonds. The van der Waals surface area contributed by atoms with Crippen LogP contribution in [0.4, 0.5) is 0 Å². The summed E-state index contributed by atoms with van der Waals surface area (Å²) in [6, 6.07) is 5.05. The van der Waals surface area contributed by atoms with Gasteiger partial charge in [-0.2, -0.15) is 0 Å². The normalized spacial score (nSPS) is 12.9. The highest BCUT2D eigenvalue weighted by Crippen LogP contribution is 2.27. The zero-order valence-corrected chi connectivity index (χ0v) is 8.71. The Morgan fingerprint density at radius 1 is 1.53 bits per heavy atom. The van der Waals surface area contributed by atoms with Crippen molar-refractivity contribution in [1.29, 1.82) is 0 Å². The lowest BCUT2D eigenvalue weighted by atomic mass is 10.0. The zero-order chi connectivity index (χ0) is 11.0. The molecule has 0 aliphatic heterocycles. The Bertz CT molecular complexity index is 566. The maximum absolute atomic E-state index is 11.0. The van der Waals surface area contributed by atoms with E-state index >= 15 is 0 Å². The van der Waals surface area contributed by atoms with E-state index in [0.29, 0.717) is 15.8 Å². The Kier molecular flexibility index (Phi) is 2.32. The molecule has 1 aromatic heterocycles. The minimum absolute atomic E-state index is 0.407. The van der Waals surface area contributed by atoms with Crippen LogP contribution in [-0.2, 0) is 4.79 Å². The molecule has 4 nitrogen and oxygen atoms in total. The topological polar surface area (TPSA) is 67.5 Å². The molecule has 0 saturated carbocycles. The van der Waals surface area contributed by atoms with E-state index in [4.69, 9.17) is 9.52 Å². The number of benzene rings is 1. The molecule has 78 valence electrons. The Morgan fingerprint density at radius 2 is 2.27 bits per heavy atom. The van der Waals surface area contributed by atoms with Crippen LogP contribution in [-0.4, -0.2) is 11.1 Å². The molecule has 0 spiro atoms. The lowest BCUT2D eigenvalue weighted by Gasteiger charge is -2.05. The SMILES string of the molecule is CC(C(=O)O)c1cccc2oc(=O)sc12. The van der Waals surface area contributed by atoms with E-state index in [1.807, 2.05) is 0 Å². The van der Waals surface area contributed by atoms with Gasteiger partial charge in [0, 0.05) is 0 Å². The van der Waals surface area contributed by atoms with Crippen LogP contribution < -0.4 is 4.94 Å². The summed E-state index contributed by atoms with van der Waals surface area (Å²) in [5.41, 5.74) is 1.08. The van der Waals surface area contributed by atoms with Gasteiger partial charge in [-0.25, -0.2) is 4.79 Å². The molecule has 0 fully saturated rings. The zero-order valence-electron chi connectivity index (χ0n) is 7.89. The van der Waals surface area contributed by atoms with Crippen molar-refractivity contribution in [3.05, 3.63) is 33.5 Å². The second kappa shape index (κ2) is 3.51. The van der Waals surface area contributed by atoms with Crippen LogP contribution in [0, 0.1) is 0 Å². The van der Waals surface area contributed by atoms with Gasteiger partial charge in [-0.3, -0.25) is 4.79 Å². The number of hydrogen-bond acceptors (Lipinski definition) is 4. The van der Waals surface area contributed by atoms with Gasteiger partial charge in [0.25, 0.3) is 0 Å². The maximum atomic E-state index is 11.0. The fourth-order valence-electron chi connectivity index (χ4n) is 1.39. The molecular formula is C10H8O4S. The molecule has 0 bridgehead atoms. The average molecular weight is 224 g/mol. The molecule has 0 aliphatic rings. The summed E-state index contributed by atoms with van der Waals surface area (Å²) in [5.74, 6) is -1.55. The fraction of sp³-hybridized carbons (Fsp3) is 0.200. The van der Waals surface area contributed by atoms with Gasteiger partial charge in [0.2, 0.25) is 0 Å². The third kappa shape index (κ3) is 1.66. The van der Waals surface area contributed by atoms with Crippen molar-refractivity contribution in [3.8, 4) is 0 Å². The maximum Gasteiger partial charge on any atom is 0.396 e. The van der Waals surface area contributed by atoms with Gasteiger partial charge in [-0.05, 0) is 18.6 Å². The summed E-state index contributed by atoms with van der Waals surface area (Å²) >= 11 is 0.939. The number of carboxylic acids is 1. The van der Waals surface area contributed by atoms with Gasteiger partial charge in [0.1, 0.15) is 5.58 Å². The summed E-state index contributed by atoms with van der Waals surface area (Å²) in [7, 11) is 0.